The Hall–Kier alpha value is -1.43. The van der Waals surface area contributed by atoms with Crippen molar-refractivity contribution in [2.45, 2.75) is 32.1 Å². The molecule has 0 saturated carbocycles. The molecule has 1 N–H and O–H groups in total. The van der Waals surface area contributed by atoms with E-state index in [1.165, 1.54) is 12.2 Å². The average Bonchev–Trinajstić information content (AvgIpc) is 2.58. The highest BCUT2D eigenvalue weighted by atomic mass is 32.2. The molecule has 5 nitrogen and oxygen atoms in total. The highest BCUT2D eigenvalue weighted by Gasteiger charge is 2.21. The Kier molecular flexibility index (Phi) is 6.83. The van der Waals surface area contributed by atoms with E-state index in [9.17, 15) is 0 Å². The summed E-state index contributed by atoms with van der Waals surface area (Å²) < 4.78 is 5.17. The highest BCUT2D eigenvalue weighted by molar-refractivity contribution is 8.00. The number of methoxy groups -OCH3 is 1. The zero-order valence-electron chi connectivity index (χ0n) is 13.7. The number of nitrogens with zero attached hydrogens (tertiary/aromatic N) is 3. The molecule has 1 aromatic rings. The topological polar surface area (TPSA) is 49.8 Å². The standard InChI is InChI=1S/C16H26N4OS/c1-4-14-12-20(8-9-22-14)16(17-5-2)19-11-13-6-7-18-15(10-13)21-3/h6-7,10,14H,4-5,8-9,11-12H2,1-3H3,(H,17,19). The van der Waals surface area contributed by atoms with E-state index in [-0.39, 0.29) is 0 Å². The number of ether oxygens (including phenoxy) is 1. The van der Waals surface area contributed by atoms with Gasteiger partial charge in [-0.15, -0.1) is 0 Å². The molecule has 122 valence electrons. The van der Waals surface area contributed by atoms with Crippen LogP contribution in [0.1, 0.15) is 25.8 Å². The lowest BCUT2D eigenvalue weighted by Crippen LogP contribution is -2.48. The fraction of sp³-hybridized carbons (Fsp3) is 0.625. The van der Waals surface area contributed by atoms with Crippen LogP contribution in [0.3, 0.4) is 0 Å². The minimum atomic E-state index is 0.637. The van der Waals surface area contributed by atoms with Crippen LogP contribution in [-0.2, 0) is 6.54 Å². The van der Waals surface area contributed by atoms with Crippen LogP contribution in [0.5, 0.6) is 5.88 Å². The zero-order valence-corrected chi connectivity index (χ0v) is 14.5. The van der Waals surface area contributed by atoms with Gasteiger partial charge in [0, 0.05) is 42.9 Å². The van der Waals surface area contributed by atoms with Crippen molar-refractivity contribution in [1.82, 2.24) is 15.2 Å². The average molecular weight is 322 g/mol. The van der Waals surface area contributed by atoms with E-state index in [2.05, 4.69) is 40.8 Å². The Morgan fingerprint density at radius 1 is 1.55 bits per heavy atom. The van der Waals surface area contributed by atoms with Gasteiger partial charge in [-0.1, -0.05) is 6.92 Å². The molecule has 1 aromatic heterocycles. The predicted molar refractivity (Wildman–Crippen MR) is 93.7 cm³/mol. The van der Waals surface area contributed by atoms with Crippen LogP contribution in [-0.4, -0.2) is 53.6 Å². The molecule has 0 aliphatic carbocycles. The quantitative estimate of drug-likeness (QED) is 0.666. The van der Waals surface area contributed by atoms with Crippen molar-refractivity contribution in [3.05, 3.63) is 23.9 Å². The minimum Gasteiger partial charge on any atom is -0.481 e. The number of guanidine groups is 1. The normalized spacial score (nSPS) is 19.1. The molecular formula is C16H26N4OS. The van der Waals surface area contributed by atoms with Crippen LogP contribution < -0.4 is 10.1 Å². The van der Waals surface area contributed by atoms with Crippen molar-refractivity contribution < 1.29 is 4.74 Å². The number of pyridine rings is 1. The van der Waals surface area contributed by atoms with Crippen LogP contribution in [0.2, 0.25) is 0 Å². The molecule has 1 saturated heterocycles. The Morgan fingerprint density at radius 3 is 3.14 bits per heavy atom. The van der Waals surface area contributed by atoms with Crippen LogP contribution in [0.15, 0.2) is 23.3 Å². The van der Waals surface area contributed by atoms with Crippen LogP contribution in [0.4, 0.5) is 0 Å². The first-order valence-corrected chi connectivity index (χ1v) is 8.95. The fourth-order valence-electron chi connectivity index (χ4n) is 2.41. The molecule has 0 aromatic carbocycles. The van der Waals surface area contributed by atoms with E-state index in [0.29, 0.717) is 17.7 Å². The second-order valence-corrected chi connectivity index (χ2v) is 6.63. The number of hydrogen-bond donors (Lipinski definition) is 1. The molecule has 0 bridgehead atoms. The van der Waals surface area contributed by atoms with Gasteiger partial charge in [0.15, 0.2) is 5.96 Å². The van der Waals surface area contributed by atoms with Crippen molar-refractivity contribution in [2.24, 2.45) is 4.99 Å². The number of nitrogens with one attached hydrogen (secondary N) is 1. The maximum Gasteiger partial charge on any atom is 0.213 e. The molecule has 2 heterocycles. The first-order valence-electron chi connectivity index (χ1n) is 7.90. The van der Waals surface area contributed by atoms with Gasteiger partial charge in [0.25, 0.3) is 0 Å². The van der Waals surface area contributed by atoms with E-state index in [4.69, 9.17) is 9.73 Å². The molecule has 1 aliphatic heterocycles. The van der Waals surface area contributed by atoms with Crippen LogP contribution in [0, 0.1) is 0 Å². The van der Waals surface area contributed by atoms with Crippen molar-refractivity contribution in [2.75, 3.05) is 32.5 Å². The first-order chi connectivity index (χ1) is 10.8. The lowest BCUT2D eigenvalue weighted by atomic mass is 10.2. The Morgan fingerprint density at radius 2 is 2.41 bits per heavy atom. The van der Waals surface area contributed by atoms with E-state index in [1.54, 1.807) is 13.3 Å². The van der Waals surface area contributed by atoms with Gasteiger partial charge in [0.2, 0.25) is 5.88 Å². The van der Waals surface area contributed by atoms with E-state index in [1.807, 2.05) is 12.1 Å². The Balaban J connectivity index is 2.05. The van der Waals surface area contributed by atoms with Gasteiger partial charge in [-0.25, -0.2) is 9.98 Å². The monoisotopic (exact) mass is 322 g/mol. The van der Waals surface area contributed by atoms with Crippen molar-refractivity contribution in [1.29, 1.82) is 0 Å². The number of aromatic nitrogens is 1. The first kappa shape index (κ1) is 16.9. The third kappa shape index (κ3) is 4.80. The molecule has 0 radical (unpaired) electrons. The molecule has 0 amide bonds. The summed E-state index contributed by atoms with van der Waals surface area (Å²) in [6.45, 7) is 8.04. The molecule has 0 spiro atoms. The SMILES string of the molecule is CCNC(=NCc1ccnc(OC)c1)N1CCSC(CC)C1. The van der Waals surface area contributed by atoms with Gasteiger partial charge in [-0.2, -0.15) is 11.8 Å². The van der Waals surface area contributed by atoms with Gasteiger partial charge in [0.05, 0.1) is 13.7 Å². The maximum atomic E-state index is 5.17. The number of thioether (sulfide) groups is 1. The summed E-state index contributed by atoms with van der Waals surface area (Å²) in [4.78, 5) is 11.3. The second-order valence-electron chi connectivity index (χ2n) is 5.22. The van der Waals surface area contributed by atoms with Crippen molar-refractivity contribution >= 4 is 17.7 Å². The number of hydrogen-bond acceptors (Lipinski definition) is 4. The van der Waals surface area contributed by atoms with Gasteiger partial charge in [0.1, 0.15) is 0 Å². The summed E-state index contributed by atoms with van der Waals surface area (Å²) in [6.07, 6.45) is 2.98. The highest BCUT2D eigenvalue weighted by Crippen LogP contribution is 2.21. The summed E-state index contributed by atoms with van der Waals surface area (Å²) in [6, 6.07) is 3.92. The third-order valence-electron chi connectivity index (χ3n) is 3.65. The Labute approximate surface area is 137 Å². The summed E-state index contributed by atoms with van der Waals surface area (Å²) in [7, 11) is 1.63. The summed E-state index contributed by atoms with van der Waals surface area (Å²) >= 11 is 2.07. The molecular weight excluding hydrogens is 296 g/mol. The smallest absolute Gasteiger partial charge is 0.213 e. The van der Waals surface area contributed by atoms with Crippen molar-refractivity contribution in [3.8, 4) is 5.88 Å². The van der Waals surface area contributed by atoms with E-state index >= 15 is 0 Å². The fourth-order valence-corrected chi connectivity index (χ4v) is 3.59. The van der Waals surface area contributed by atoms with Crippen LogP contribution >= 0.6 is 11.8 Å². The molecule has 1 atom stereocenters. The van der Waals surface area contributed by atoms with Crippen LogP contribution in [0.25, 0.3) is 0 Å². The van der Waals surface area contributed by atoms with Gasteiger partial charge < -0.3 is 15.0 Å². The Bertz CT molecular complexity index is 495. The zero-order chi connectivity index (χ0) is 15.8. The lowest BCUT2D eigenvalue weighted by molar-refractivity contribution is 0.397. The predicted octanol–water partition coefficient (Wildman–Crippen LogP) is 2.38. The molecule has 22 heavy (non-hydrogen) atoms. The molecule has 1 aliphatic rings. The van der Waals surface area contributed by atoms with Gasteiger partial charge >= 0.3 is 0 Å². The summed E-state index contributed by atoms with van der Waals surface area (Å²) in [5, 5.41) is 4.12. The van der Waals surface area contributed by atoms with Gasteiger partial charge in [-0.3, -0.25) is 0 Å². The molecule has 1 fully saturated rings. The summed E-state index contributed by atoms with van der Waals surface area (Å²) in [5.41, 5.74) is 1.11. The molecule has 6 heteroatoms. The van der Waals surface area contributed by atoms with Crippen molar-refractivity contribution in [3.63, 3.8) is 0 Å². The maximum absolute atomic E-state index is 5.17. The third-order valence-corrected chi connectivity index (χ3v) is 5.02. The molecule has 1 unspecified atom stereocenters. The summed E-state index contributed by atoms with van der Waals surface area (Å²) in [5.74, 6) is 2.82. The van der Waals surface area contributed by atoms with E-state index < -0.39 is 0 Å². The second kappa shape index (κ2) is 8.88. The lowest BCUT2D eigenvalue weighted by Gasteiger charge is -2.34. The number of aliphatic imine (C=N–C) groups is 1. The number of rotatable bonds is 5. The largest absolute Gasteiger partial charge is 0.481 e. The van der Waals surface area contributed by atoms with Gasteiger partial charge in [-0.05, 0) is 25.0 Å². The molecule has 2 rings (SSSR count). The minimum absolute atomic E-state index is 0.637. The van der Waals surface area contributed by atoms with E-state index in [0.717, 1.165) is 31.2 Å².